The van der Waals surface area contributed by atoms with Crippen LogP contribution < -0.4 is 15.2 Å². The van der Waals surface area contributed by atoms with E-state index in [1.807, 2.05) is 12.1 Å². The molecule has 1 saturated heterocycles. The summed E-state index contributed by atoms with van der Waals surface area (Å²) in [7, 11) is 3.19. The molecule has 0 aromatic heterocycles. The number of carbonyl (C=O) groups excluding carboxylic acids is 1. The second kappa shape index (κ2) is 6.43. The highest BCUT2D eigenvalue weighted by Crippen LogP contribution is 2.23. The van der Waals surface area contributed by atoms with E-state index in [-0.39, 0.29) is 11.9 Å². The second-order valence-electron chi connectivity index (χ2n) is 4.81. The lowest BCUT2D eigenvalue weighted by Gasteiger charge is -2.12. The zero-order valence-electron chi connectivity index (χ0n) is 11.8. The number of carbonyl (C=O) groups is 1. The van der Waals surface area contributed by atoms with E-state index in [1.54, 1.807) is 37.3 Å². The normalized spacial score (nSPS) is 18.6. The highest BCUT2D eigenvalue weighted by molar-refractivity contribution is 5.92. The van der Waals surface area contributed by atoms with Gasteiger partial charge in [0.2, 0.25) is 5.91 Å². The van der Waals surface area contributed by atoms with Crippen LogP contribution in [0.25, 0.3) is 6.08 Å². The van der Waals surface area contributed by atoms with E-state index >= 15 is 0 Å². The van der Waals surface area contributed by atoms with E-state index in [0.29, 0.717) is 18.0 Å². The number of hydrogen-bond donors (Lipinski definition) is 1. The lowest BCUT2D eigenvalue weighted by Crippen LogP contribution is -2.30. The van der Waals surface area contributed by atoms with Gasteiger partial charge in [-0.15, -0.1) is 0 Å². The van der Waals surface area contributed by atoms with Crippen LogP contribution in [0, 0.1) is 0 Å². The summed E-state index contributed by atoms with van der Waals surface area (Å²) in [6, 6.07) is 5.59. The van der Waals surface area contributed by atoms with Crippen LogP contribution in [0.5, 0.6) is 11.5 Å². The highest BCUT2D eigenvalue weighted by atomic mass is 16.5. The molecular weight excluding hydrogens is 256 g/mol. The number of methoxy groups -OCH3 is 2. The van der Waals surface area contributed by atoms with Gasteiger partial charge in [0.05, 0.1) is 14.2 Å². The molecule has 1 fully saturated rings. The van der Waals surface area contributed by atoms with Crippen molar-refractivity contribution in [1.82, 2.24) is 4.90 Å². The summed E-state index contributed by atoms with van der Waals surface area (Å²) in [5.74, 6) is 1.37. The molecule has 0 saturated carbocycles. The molecule has 0 unspecified atom stereocenters. The SMILES string of the molecule is COc1cc(C=CC(=O)N2CC[C@@H](N)C2)cc(OC)c1. The first-order valence-corrected chi connectivity index (χ1v) is 6.58. The predicted molar refractivity (Wildman–Crippen MR) is 77.8 cm³/mol. The van der Waals surface area contributed by atoms with E-state index < -0.39 is 0 Å². The molecule has 20 heavy (non-hydrogen) atoms. The molecule has 1 heterocycles. The fourth-order valence-electron chi connectivity index (χ4n) is 2.19. The van der Waals surface area contributed by atoms with Gasteiger partial charge in [0.1, 0.15) is 11.5 Å². The van der Waals surface area contributed by atoms with Crippen molar-refractivity contribution in [3.8, 4) is 11.5 Å². The van der Waals surface area contributed by atoms with Gasteiger partial charge in [-0.05, 0) is 30.2 Å². The molecule has 5 nitrogen and oxygen atoms in total. The third kappa shape index (κ3) is 3.51. The molecule has 1 aliphatic rings. The smallest absolute Gasteiger partial charge is 0.246 e. The summed E-state index contributed by atoms with van der Waals surface area (Å²) in [4.78, 5) is 13.8. The van der Waals surface area contributed by atoms with Crippen LogP contribution in [0.3, 0.4) is 0 Å². The third-order valence-electron chi connectivity index (χ3n) is 3.33. The maximum atomic E-state index is 12.0. The molecule has 1 aliphatic heterocycles. The third-order valence-corrected chi connectivity index (χ3v) is 3.33. The summed E-state index contributed by atoms with van der Waals surface area (Å²) in [6.45, 7) is 1.36. The Balaban J connectivity index is 2.08. The Bertz CT molecular complexity index is 492. The Kier molecular flexibility index (Phi) is 4.63. The van der Waals surface area contributed by atoms with E-state index in [2.05, 4.69) is 0 Å². The van der Waals surface area contributed by atoms with Crippen LogP contribution in [-0.4, -0.2) is 44.2 Å². The van der Waals surface area contributed by atoms with Crippen molar-refractivity contribution in [2.45, 2.75) is 12.5 Å². The minimum absolute atomic E-state index is 0.0141. The van der Waals surface area contributed by atoms with Crippen LogP contribution in [-0.2, 0) is 4.79 Å². The molecular formula is C15H20N2O3. The van der Waals surface area contributed by atoms with Gasteiger partial charge in [0.25, 0.3) is 0 Å². The molecule has 1 aromatic rings. The summed E-state index contributed by atoms with van der Waals surface area (Å²) in [5.41, 5.74) is 6.65. The number of benzene rings is 1. The fourth-order valence-corrected chi connectivity index (χ4v) is 2.19. The Morgan fingerprint density at radius 1 is 1.30 bits per heavy atom. The molecule has 2 rings (SSSR count). The largest absolute Gasteiger partial charge is 0.497 e. The van der Waals surface area contributed by atoms with Crippen molar-refractivity contribution in [3.63, 3.8) is 0 Å². The quantitative estimate of drug-likeness (QED) is 0.841. The Morgan fingerprint density at radius 3 is 2.45 bits per heavy atom. The van der Waals surface area contributed by atoms with Crippen molar-refractivity contribution < 1.29 is 14.3 Å². The van der Waals surface area contributed by atoms with E-state index in [4.69, 9.17) is 15.2 Å². The summed E-state index contributed by atoms with van der Waals surface area (Å²) in [6.07, 6.45) is 4.19. The Morgan fingerprint density at radius 2 is 1.95 bits per heavy atom. The molecule has 1 atom stereocenters. The zero-order valence-corrected chi connectivity index (χ0v) is 11.8. The van der Waals surface area contributed by atoms with Crippen LogP contribution >= 0.6 is 0 Å². The van der Waals surface area contributed by atoms with E-state index in [0.717, 1.165) is 18.5 Å². The van der Waals surface area contributed by atoms with E-state index in [9.17, 15) is 4.79 Å². The maximum absolute atomic E-state index is 12.0. The molecule has 0 radical (unpaired) electrons. The lowest BCUT2D eigenvalue weighted by molar-refractivity contribution is -0.124. The first kappa shape index (κ1) is 14.4. The molecule has 1 aromatic carbocycles. The number of rotatable bonds is 4. The van der Waals surface area contributed by atoms with Crippen LogP contribution in [0.2, 0.25) is 0 Å². The topological polar surface area (TPSA) is 64.8 Å². The number of hydrogen-bond acceptors (Lipinski definition) is 4. The minimum Gasteiger partial charge on any atom is -0.497 e. The lowest BCUT2D eigenvalue weighted by atomic mass is 10.2. The first-order valence-electron chi connectivity index (χ1n) is 6.58. The van der Waals surface area contributed by atoms with Gasteiger partial charge < -0.3 is 20.1 Å². The summed E-state index contributed by atoms with van der Waals surface area (Å²) >= 11 is 0. The summed E-state index contributed by atoms with van der Waals surface area (Å²) in [5, 5.41) is 0. The van der Waals surface area contributed by atoms with Gasteiger partial charge >= 0.3 is 0 Å². The fraction of sp³-hybridized carbons (Fsp3) is 0.400. The number of amides is 1. The summed E-state index contributed by atoms with van der Waals surface area (Å²) < 4.78 is 10.4. The molecule has 5 heteroatoms. The molecule has 0 aliphatic carbocycles. The number of ether oxygens (including phenoxy) is 2. The van der Waals surface area contributed by atoms with Crippen LogP contribution in [0.4, 0.5) is 0 Å². The molecule has 108 valence electrons. The standard InChI is InChI=1S/C15H20N2O3/c1-19-13-7-11(8-14(9-13)20-2)3-4-15(18)17-6-5-12(16)10-17/h3-4,7-9,12H,5-6,10,16H2,1-2H3/t12-/m1/s1. The van der Waals surface area contributed by atoms with Gasteiger partial charge in [0.15, 0.2) is 0 Å². The second-order valence-corrected chi connectivity index (χ2v) is 4.81. The average Bonchev–Trinajstić information content (AvgIpc) is 2.91. The molecule has 0 spiro atoms. The Hall–Kier alpha value is -2.01. The van der Waals surface area contributed by atoms with Crippen molar-refractivity contribution in [1.29, 1.82) is 0 Å². The van der Waals surface area contributed by atoms with Crippen LogP contribution in [0.15, 0.2) is 24.3 Å². The molecule has 2 N–H and O–H groups in total. The Labute approximate surface area is 119 Å². The van der Waals surface area contributed by atoms with Gasteiger partial charge in [-0.2, -0.15) is 0 Å². The number of nitrogens with zero attached hydrogens (tertiary/aromatic N) is 1. The monoisotopic (exact) mass is 276 g/mol. The number of likely N-dealkylation sites (tertiary alicyclic amines) is 1. The van der Waals surface area contributed by atoms with Gasteiger partial charge in [-0.3, -0.25) is 4.79 Å². The van der Waals surface area contributed by atoms with Gasteiger partial charge in [-0.25, -0.2) is 0 Å². The van der Waals surface area contributed by atoms with Crippen molar-refractivity contribution >= 4 is 12.0 Å². The van der Waals surface area contributed by atoms with Crippen LogP contribution in [0.1, 0.15) is 12.0 Å². The number of nitrogens with two attached hydrogens (primary N) is 1. The van der Waals surface area contributed by atoms with Crippen molar-refractivity contribution in [2.24, 2.45) is 5.73 Å². The molecule has 1 amide bonds. The zero-order chi connectivity index (χ0) is 14.5. The van der Waals surface area contributed by atoms with Crippen molar-refractivity contribution in [3.05, 3.63) is 29.8 Å². The van der Waals surface area contributed by atoms with Crippen molar-refractivity contribution in [2.75, 3.05) is 27.3 Å². The molecule has 0 bridgehead atoms. The van der Waals surface area contributed by atoms with Gasteiger partial charge in [0, 0.05) is 31.3 Å². The first-order chi connectivity index (χ1) is 9.62. The predicted octanol–water partition coefficient (Wildman–Crippen LogP) is 1.28. The maximum Gasteiger partial charge on any atom is 0.246 e. The highest BCUT2D eigenvalue weighted by Gasteiger charge is 2.21. The minimum atomic E-state index is -0.0141. The van der Waals surface area contributed by atoms with Gasteiger partial charge in [-0.1, -0.05) is 0 Å². The van der Waals surface area contributed by atoms with E-state index in [1.165, 1.54) is 0 Å². The average molecular weight is 276 g/mol.